The minimum absolute atomic E-state index is 0.00974. The summed E-state index contributed by atoms with van der Waals surface area (Å²) >= 11 is 6.74. The van der Waals surface area contributed by atoms with E-state index < -0.39 is 10.0 Å². The van der Waals surface area contributed by atoms with Gasteiger partial charge in [-0.25, -0.2) is 13.6 Å². The summed E-state index contributed by atoms with van der Waals surface area (Å²) < 4.78 is 23.2. The number of hydrogen-bond acceptors (Lipinski definition) is 6. The molecule has 0 atom stereocenters. The van der Waals surface area contributed by atoms with Crippen molar-refractivity contribution in [1.29, 1.82) is 0 Å². The molecule has 0 saturated carbocycles. The minimum Gasteiger partial charge on any atom is -0.326 e. The third kappa shape index (κ3) is 7.73. The molecule has 1 saturated heterocycles. The number of carbonyl (C=O) groups is 2. The molecule has 1 aliphatic rings. The van der Waals surface area contributed by atoms with E-state index in [1.54, 1.807) is 4.90 Å². The number of unbranched alkanes of at least 4 members (excludes halogenated alkanes) is 2. The maximum Gasteiger partial charge on any atom is 0.266 e. The lowest BCUT2D eigenvalue weighted by Gasteiger charge is -2.18. The lowest BCUT2D eigenvalue weighted by atomic mass is 9.87. The summed E-state index contributed by atoms with van der Waals surface area (Å²) in [5.41, 5.74) is 2.78. The van der Waals surface area contributed by atoms with Crippen LogP contribution in [0.5, 0.6) is 0 Å². The van der Waals surface area contributed by atoms with E-state index in [0.29, 0.717) is 34.3 Å². The van der Waals surface area contributed by atoms with Crippen molar-refractivity contribution in [1.82, 2.24) is 4.90 Å². The molecule has 1 fully saturated rings. The molecule has 0 radical (unpaired) electrons. The standard InChI is InChI=1S/C26H31N3O4S3/c1-26(2,3)19-10-8-18(9-11-19)17-22-24(31)29(25(34)35-22)16-6-4-5-7-23(30)28-20-12-14-21(15-13-20)36(27,32)33/h8-15,17H,4-7,16H2,1-3H3,(H,28,30)(H2,27,32,33)/b22-17-. The molecule has 3 rings (SSSR count). The van der Waals surface area contributed by atoms with Gasteiger partial charge in [-0.15, -0.1) is 0 Å². The van der Waals surface area contributed by atoms with Gasteiger partial charge < -0.3 is 5.32 Å². The lowest BCUT2D eigenvalue weighted by Crippen LogP contribution is -2.29. The fourth-order valence-electron chi connectivity index (χ4n) is 3.61. The molecule has 2 aromatic rings. The molecule has 0 bridgehead atoms. The van der Waals surface area contributed by atoms with Crippen LogP contribution in [-0.4, -0.2) is 36.0 Å². The van der Waals surface area contributed by atoms with E-state index in [9.17, 15) is 18.0 Å². The second-order valence-electron chi connectivity index (χ2n) is 9.63. The Hall–Kier alpha value is -2.53. The SMILES string of the molecule is CC(C)(C)c1ccc(/C=C2\SC(=S)N(CCCCCC(=O)Nc3ccc(S(N)(=O)=O)cc3)C2=O)cc1. The third-order valence-electron chi connectivity index (χ3n) is 5.70. The van der Waals surface area contributed by atoms with Gasteiger partial charge >= 0.3 is 0 Å². The highest BCUT2D eigenvalue weighted by atomic mass is 32.2. The zero-order valence-electron chi connectivity index (χ0n) is 20.6. The molecule has 36 heavy (non-hydrogen) atoms. The first-order valence-electron chi connectivity index (χ1n) is 11.6. The van der Waals surface area contributed by atoms with E-state index in [1.165, 1.54) is 41.6 Å². The molecular weight excluding hydrogens is 515 g/mol. The monoisotopic (exact) mass is 545 g/mol. The number of nitrogens with zero attached hydrogens (tertiary/aromatic N) is 1. The van der Waals surface area contributed by atoms with Crippen molar-refractivity contribution in [3.63, 3.8) is 0 Å². The Balaban J connectivity index is 1.43. The number of carbonyl (C=O) groups excluding carboxylic acids is 2. The lowest BCUT2D eigenvalue weighted by molar-refractivity contribution is -0.122. The minimum atomic E-state index is -3.76. The Labute approximate surface area is 222 Å². The van der Waals surface area contributed by atoms with Crippen molar-refractivity contribution in [3.05, 3.63) is 64.6 Å². The number of nitrogens with one attached hydrogen (secondary N) is 1. The van der Waals surface area contributed by atoms with Crippen LogP contribution < -0.4 is 10.5 Å². The normalized spacial score (nSPS) is 15.6. The second-order valence-corrected chi connectivity index (χ2v) is 12.9. The first-order chi connectivity index (χ1) is 16.8. The Morgan fingerprint density at radius 2 is 1.69 bits per heavy atom. The average molecular weight is 546 g/mol. The molecule has 1 aliphatic heterocycles. The van der Waals surface area contributed by atoms with Gasteiger partial charge in [-0.05, 0) is 59.7 Å². The van der Waals surface area contributed by atoms with Gasteiger partial charge in [-0.1, -0.05) is 75.4 Å². The van der Waals surface area contributed by atoms with Crippen LogP contribution >= 0.6 is 24.0 Å². The Morgan fingerprint density at radius 3 is 2.28 bits per heavy atom. The van der Waals surface area contributed by atoms with Crippen molar-refractivity contribution in [2.45, 2.75) is 56.8 Å². The number of benzene rings is 2. The number of thiocarbonyl (C=S) groups is 1. The van der Waals surface area contributed by atoms with Crippen LogP contribution in [0.1, 0.15) is 57.6 Å². The van der Waals surface area contributed by atoms with Gasteiger partial charge in [0.15, 0.2) is 0 Å². The smallest absolute Gasteiger partial charge is 0.266 e. The number of nitrogens with two attached hydrogens (primary N) is 1. The predicted molar refractivity (Wildman–Crippen MR) is 150 cm³/mol. The third-order valence-corrected chi connectivity index (χ3v) is 8.01. The molecule has 10 heteroatoms. The second kappa shape index (κ2) is 11.7. The van der Waals surface area contributed by atoms with Gasteiger partial charge in [-0.2, -0.15) is 0 Å². The van der Waals surface area contributed by atoms with Gasteiger partial charge in [-0.3, -0.25) is 14.5 Å². The molecule has 7 nitrogen and oxygen atoms in total. The van der Waals surface area contributed by atoms with Gasteiger partial charge in [0, 0.05) is 18.7 Å². The highest BCUT2D eigenvalue weighted by molar-refractivity contribution is 8.26. The van der Waals surface area contributed by atoms with Crippen LogP contribution in [0.15, 0.2) is 58.3 Å². The van der Waals surface area contributed by atoms with E-state index in [1.807, 2.05) is 18.2 Å². The van der Waals surface area contributed by atoms with Crippen molar-refractivity contribution >= 4 is 61.9 Å². The molecule has 0 spiro atoms. The number of thioether (sulfide) groups is 1. The first-order valence-corrected chi connectivity index (χ1v) is 14.4. The quantitative estimate of drug-likeness (QED) is 0.260. The highest BCUT2D eigenvalue weighted by Crippen LogP contribution is 2.33. The van der Waals surface area contributed by atoms with Gasteiger partial charge in [0.1, 0.15) is 4.32 Å². The average Bonchev–Trinajstić information content (AvgIpc) is 3.05. The van der Waals surface area contributed by atoms with Crippen molar-refractivity contribution < 1.29 is 18.0 Å². The molecule has 1 heterocycles. The van der Waals surface area contributed by atoms with Crippen molar-refractivity contribution in [2.75, 3.05) is 11.9 Å². The summed E-state index contributed by atoms with van der Waals surface area (Å²) in [5.74, 6) is -0.241. The Kier molecular flexibility index (Phi) is 9.10. The number of anilines is 1. The molecule has 2 amide bonds. The zero-order chi connectivity index (χ0) is 26.5. The van der Waals surface area contributed by atoms with Crippen LogP contribution in [0.4, 0.5) is 5.69 Å². The summed E-state index contributed by atoms with van der Waals surface area (Å²) in [7, 11) is -3.76. The van der Waals surface area contributed by atoms with E-state index in [2.05, 4.69) is 38.2 Å². The molecule has 192 valence electrons. The maximum atomic E-state index is 12.8. The number of rotatable bonds is 9. The first kappa shape index (κ1) is 28.0. The van der Waals surface area contributed by atoms with Crippen LogP contribution in [0.2, 0.25) is 0 Å². The van der Waals surface area contributed by atoms with E-state index in [0.717, 1.165) is 18.4 Å². The van der Waals surface area contributed by atoms with E-state index in [4.69, 9.17) is 17.4 Å². The number of amides is 2. The largest absolute Gasteiger partial charge is 0.326 e. The van der Waals surface area contributed by atoms with Crippen molar-refractivity contribution in [2.24, 2.45) is 5.14 Å². The molecule has 0 aromatic heterocycles. The van der Waals surface area contributed by atoms with Crippen LogP contribution in [-0.2, 0) is 25.0 Å². The molecule has 0 aliphatic carbocycles. The van der Waals surface area contributed by atoms with Crippen LogP contribution in [0, 0.1) is 0 Å². The number of sulfonamides is 1. The topological polar surface area (TPSA) is 110 Å². The Bertz CT molecular complexity index is 1260. The Morgan fingerprint density at radius 1 is 1.06 bits per heavy atom. The number of primary sulfonamides is 1. The van der Waals surface area contributed by atoms with E-state index >= 15 is 0 Å². The molecule has 2 aromatic carbocycles. The zero-order valence-corrected chi connectivity index (χ0v) is 23.1. The molecule has 3 N–H and O–H groups in total. The summed E-state index contributed by atoms with van der Waals surface area (Å²) in [6.07, 6.45) is 4.36. The van der Waals surface area contributed by atoms with Crippen LogP contribution in [0.3, 0.4) is 0 Å². The van der Waals surface area contributed by atoms with Gasteiger partial charge in [0.2, 0.25) is 15.9 Å². The molecule has 0 unspecified atom stereocenters. The summed E-state index contributed by atoms with van der Waals surface area (Å²) in [6.45, 7) is 7.01. The number of hydrogen-bond donors (Lipinski definition) is 2. The summed E-state index contributed by atoms with van der Waals surface area (Å²) in [5, 5.41) is 7.81. The van der Waals surface area contributed by atoms with Gasteiger partial charge in [0.25, 0.3) is 5.91 Å². The van der Waals surface area contributed by atoms with Crippen molar-refractivity contribution in [3.8, 4) is 0 Å². The van der Waals surface area contributed by atoms with E-state index in [-0.39, 0.29) is 22.1 Å². The fourth-order valence-corrected chi connectivity index (χ4v) is 5.43. The molecular formula is C26H31N3O4S3. The fraction of sp³-hybridized carbons (Fsp3) is 0.346. The van der Waals surface area contributed by atoms with Crippen LogP contribution in [0.25, 0.3) is 6.08 Å². The van der Waals surface area contributed by atoms with Gasteiger partial charge in [0.05, 0.1) is 9.80 Å². The summed E-state index contributed by atoms with van der Waals surface area (Å²) in [6, 6.07) is 13.9. The predicted octanol–water partition coefficient (Wildman–Crippen LogP) is 5.03. The maximum absolute atomic E-state index is 12.8. The summed E-state index contributed by atoms with van der Waals surface area (Å²) in [4.78, 5) is 27.2. The highest BCUT2D eigenvalue weighted by Gasteiger charge is 2.31.